The number of hydrogen-bond donors (Lipinski definition) is 0. The van der Waals surface area contributed by atoms with E-state index in [0.717, 1.165) is 11.4 Å². The van der Waals surface area contributed by atoms with Crippen LogP contribution in [-0.4, -0.2) is 0 Å². The van der Waals surface area contributed by atoms with Crippen molar-refractivity contribution in [3.63, 3.8) is 0 Å². The van der Waals surface area contributed by atoms with E-state index in [4.69, 9.17) is 0 Å². The molecule has 0 fully saturated rings. The molecule has 0 unspecified atom stereocenters. The Balaban J connectivity index is 1.44. The van der Waals surface area contributed by atoms with Crippen LogP contribution in [0, 0.1) is 0 Å². The van der Waals surface area contributed by atoms with Crippen molar-refractivity contribution >= 4 is 27.8 Å². The second-order valence-corrected chi connectivity index (χ2v) is 12.2. The summed E-state index contributed by atoms with van der Waals surface area (Å²) in [5, 5.41) is 2.56. The third-order valence-corrected chi connectivity index (χ3v) is 9.21. The van der Waals surface area contributed by atoms with Gasteiger partial charge in [0.1, 0.15) is 0 Å². The van der Waals surface area contributed by atoms with Crippen molar-refractivity contribution in [2.24, 2.45) is 0 Å². The SMILES string of the molecule is CC1(C)c2cccc(-c3ccccc3)c2-c2cc(N(c3ccccc3)c3cccc(-c4ccccc4)c3)c3ccccc3c21. The summed E-state index contributed by atoms with van der Waals surface area (Å²) in [5.41, 5.74) is 13.7. The maximum absolute atomic E-state index is 2.46. The number of anilines is 3. The number of nitrogens with zero attached hydrogens (tertiary/aromatic N) is 1. The van der Waals surface area contributed by atoms with E-state index in [1.807, 2.05) is 0 Å². The van der Waals surface area contributed by atoms with E-state index in [-0.39, 0.29) is 5.41 Å². The summed E-state index contributed by atoms with van der Waals surface area (Å²) in [6, 6.07) is 59.4. The molecule has 7 aromatic rings. The summed E-state index contributed by atoms with van der Waals surface area (Å²) in [6.07, 6.45) is 0. The van der Waals surface area contributed by atoms with Crippen molar-refractivity contribution in [3.8, 4) is 33.4 Å². The van der Waals surface area contributed by atoms with Crippen molar-refractivity contribution in [1.29, 1.82) is 0 Å². The Morgan fingerprint density at radius 1 is 0.432 bits per heavy atom. The van der Waals surface area contributed by atoms with Crippen molar-refractivity contribution in [2.45, 2.75) is 19.3 Å². The second-order valence-electron chi connectivity index (χ2n) is 12.2. The lowest BCUT2D eigenvalue weighted by Gasteiger charge is -2.30. The fourth-order valence-corrected chi connectivity index (χ4v) is 7.23. The van der Waals surface area contributed by atoms with Gasteiger partial charge in [0.05, 0.1) is 5.69 Å². The molecule has 1 aliphatic rings. The first-order valence-corrected chi connectivity index (χ1v) is 15.4. The first kappa shape index (κ1) is 26.2. The molecule has 1 heteroatoms. The van der Waals surface area contributed by atoms with Crippen LogP contribution in [0.25, 0.3) is 44.2 Å². The zero-order chi connectivity index (χ0) is 29.7. The number of benzene rings is 7. The molecular formula is C43H33N. The molecule has 44 heavy (non-hydrogen) atoms. The largest absolute Gasteiger partial charge is 0.310 e. The van der Waals surface area contributed by atoms with Crippen molar-refractivity contribution in [3.05, 3.63) is 175 Å². The number of para-hydroxylation sites is 1. The van der Waals surface area contributed by atoms with Gasteiger partial charge in [0.15, 0.2) is 0 Å². The molecule has 210 valence electrons. The number of rotatable bonds is 5. The van der Waals surface area contributed by atoms with E-state index < -0.39 is 0 Å². The second kappa shape index (κ2) is 10.4. The Morgan fingerprint density at radius 3 is 1.73 bits per heavy atom. The van der Waals surface area contributed by atoms with Crippen LogP contribution in [0.5, 0.6) is 0 Å². The highest BCUT2D eigenvalue weighted by Gasteiger charge is 2.39. The zero-order valence-electron chi connectivity index (χ0n) is 25.0. The van der Waals surface area contributed by atoms with Crippen LogP contribution in [0.15, 0.2) is 164 Å². The Hall–Kier alpha value is -5.40. The summed E-state index contributed by atoms with van der Waals surface area (Å²) in [6.45, 7) is 4.77. The minimum Gasteiger partial charge on any atom is -0.310 e. The summed E-state index contributed by atoms with van der Waals surface area (Å²) in [4.78, 5) is 2.44. The fraction of sp³-hybridized carbons (Fsp3) is 0.0698. The lowest BCUT2D eigenvalue weighted by atomic mass is 9.79. The lowest BCUT2D eigenvalue weighted by Crippen LogP contribution is -2.16. The summed E-state index contributed by atoms with van der Waals surface area (Å²) < 4.78 is 0. The van der Waals surface area contributed by atoms with Crippen LogP contribution in [0.3, 0.4) is 0 Å². The van der Waals surface area contributed by atoms with E-state index in [1.54, 1.807) is 0 Å². The minimum atomic E-state index is -0.140. The minimum absolute atomic E-state index is 0.140. The first-order chi connectivity index (χ1) is 21.6. The molecule has 0 bridgehead atoms. The van der Waals surface area contributed by atoms with Gasteiger partial charge in [-0.25, -0.2) is 0 Å². The van der Waals surface area contributed by atoms with Gasteiger partial charge in [-0.1, -0.05) is 147 Å². The average Bonchev–Trinajstić information content (AvgIpc) is 3.32. The Bertz CT molecular complexity index is 2130. The quantitative estimate of drug-likeness (QED) is 0.201. The van der Waals surface area contributed by atoms with Gasteiger partial charge in [-0.3, -0.25) is 0 Å². The van der Waals surface area contributed by atoms with E-state index in [0.29, 0.717) is 0 Å². The van der Waals surface area contributed by atoms with Crippen LogP contribution in [0.1, 0.15) is 25.0 Å². The van der Waals surface area contributed by atoms with E-state index in [9.17, 15) is 0 Å². The Kier molecular flexibility index (Phi) is 6.20. The molecule has 0 saturated heterocycles. The van der Waals surface area contributed by atoms with E-state index in [1.165, 1.54) is 61.0 Å². The molecule has 0 atom stereocenters. The molecule has 1 aliphatic carbocycles. The van der Waals surface area contributed by atoms with Gasteiger partial charge >= 0.3 is 0 Å². The highest BCUT2D eigenvalue weighted by Crippen LogP contribution is 2.56. The lowest BCUT2D eigenvalue weighted by molar-refractivity contribution is 0.666. The van der Waals surface area contributed by atoms with Crippen molar-refractivity contribution < 1.29 is 0 Å². The molecule has 8 rings (SSSR count). The summed E-state index contributed by atoms with van der Waals surface area (Å²) >= 11 is 0. The molecule has 1 nitrogen and oxygen atoms in total. The molecule has 0 aliphatic heterocycles. The maximum Gasteiger partial charge on any atom is 0.0546 e. The Labute approximate surface area is 259 Å². The maximum atomic E-state index is 2.46. The molecular weight excluding hydrogens is 530 g/mol. The van der Waals surface area contributed by atoms with Crippen LogP contribution in [-0.2, 0) is 5.41 Å². The molecule has 0 saturated carbocycles. The van der Waals surface area contributed by atoms with Crippen LogP contribution >= 0.6 is 0 Å². The molecule has 0 aromatic heterocycles. The van der Waals surface area contributed by atoms with Gasteiger partial charge in [-0.05, 0) is 80.2 Å². The monoisotopic (exact) mass is 563 g/mol. The highest BCUT2D eigenvalue weighted by molar-refractivity contribution is 6.09. The zero-order valence-corrected chi connectivity index (χ0v) is 25.0. The van der Waals surface area contributed by atoms with Gasteiger partial charge in [0, 0.05) is 22.2 Å². The van der Waals surface area contributed by atoms with Crippen molar-refractivity contribution in [2.75, 3.05) is 4.90 Å². The Morgan fingerprint density at radius 2 is 1.00 bits per heavy atom. The standard InChI is InChI=1S/C43H33N/c1-43(2)39-27-15-26-35(31-18-8-4-9-19-31)41(39)38-29-40(36-24-12-13-25-37(36)42(38)43)44(33-21-10-5-11-22-33)34-23-14-20-32(28-34)30-16-6-3-7-17-30/h3-29H,1-2H3. The van der Waals surface area contributed by atoms with Crippen LogP contribution < -0.4 is 4.90 Å². The predicted molar refractivity (Wildman–Crippen MR) is 187 cm³/mol. The normalized spacial score (nSPS) is 13.0. The average molecular weight is 564 g/mol. The van der Waals surface area contributed by atoms with E-state index in [2.05, 4.69) is 183 Å². The van der Waals surface area contributed by atoms with Gasteiger partial charge in [0.2, 0.25) is 0 Å². The number of fused-ring (bicyclic) bond motifs is 5. The predicted octanol–water partition coefficient (Wildman–Crippen LogP) is 11.9. The van der Waals surface area contributed by atoms with E-state index >= 15 is 0 Å². The number of hydrogen-bond acceptors (Lipinski definition) is 1. The first-order valence-electron chi connectivity index (χ1n) is 15.4. The van der Waals surface area contributed by atoms with Gasteiger partial charge in [-0.2, -0.15) is 0 Å². The van der Waals surface area contributed by atoms with Gasteiger partial charge < -0.3 is 4.90 Å². The molecule has 0 N–H and O–H groups in total. The van der Waals surface area contributed by atoms with Gasteiger partial charge in [0.25, 0.3) is 0 Å². The molecule has 0 spiro atoms. The fourth-order valence-electron chi connectivity index (χ4n) is 7.23. The molecule has 0 radical (unpaired) electrons. The van der Waals surface area contributed by atoms with Crippen LogP contribution in [0.4, 0.5) is 17.1 Å². The summed E-state index contributed by atoms with van der Waals surface area (Å²) in [5.74, 6) is 0. The van der Waals surface area contributed by atoms with Crippen molar-refractivity contribution in [1.82, 2.24) is 0 Å². The topological polar surface area (TPSA) is 3.24 Å². The van der Waals surface area contributed by atoms with Crippen LogP contribution in [0.2, 0.25) is 0 Å². The molecule has 0 amide bonds. The highest BCUT2D eigenvalue weighted by atomic mass is 15.1. The third kappa shape index (κ3) is 4.16. The van der Waals surface area contributed by atoms with Gasteiger partial charge in [-0.15, -0.1) is 0 Å². The molecule has 7 aromatic carbocycles. The summed E-state index contributed by atoms with van der Waals surface area (Å²) in [7, 11) is 0. The molecule has 0 heterocycles. The smallest absolute Gasteiger partial charge is 0.0546 e. The third-order valence-electron chi connectivity index (χ3n) is 9.21.